The van der Waals surface area contributed by atoms with Crippen molar-refractivity contribution in [2.75, 3.05) is 13.1 Å². The Kier molecular flexibility index (Phi) is 4.89. The number of hydrogen-bond acceptors (Lipinski definition) is 2. The molecule has 1 saturated heterocycles. The number of hydrogen-bond donors (Lipinski definition) is 0. The van der Waals surface area contributed by atoms with Crippen LogP contribution in [0.25, 0.3) is 0 Å². The van der Waals surface area contributed by atoms with E-state index in [0.717, 1.165) is 24.3 Å². The predicted molar refractivity (Wildman–Crippen MR) is 39.8 cm³/mol. The maximum Gasteiger partial charge on any atom is 0.539 e. The first-order chi connectivity index (χ1) is 5.08. The molecule has 2 nitrogen and oxygen atoms in total. The summed E-state index contributed by atoms with van der Waals surface area (Å²) in [5.41, 5.74) is 0. The van der Waals surface area contributed by atoms with E-state index in [0.29, 0.717) is 13.1 Å². The van der Waals surface area contributed by atoms with Gasteiger partial charge in [-0.2, -0.15) is 5.06 Å². The van der Waals surface area contributed by atoms with E-state index >= 15 is 0 Å². The molecule has 1 rings (SSSR count). The quantitative estimate of drug-likeness (QED) is 0.652. The van der Waals surface area contributed by atoms with Gasteiger partial charge in [-0.15, -0.1) is 25.6 Å². The molecule has 0 amide bonds. The van der Waals surface area contributed by atoms with Crippen molar-refractivity contribution in [3.05, 3.63) is 0 Å². The Morgan fingerprint density at radius 1 is 1.00 bits per heavy atom. The van der Waals surface area contributed by atoms with Gasteiger partial charge < -0.3 is 0 Å². The van der Waals surface area contributed by atoms with Crippen molar-refractivity contribution < 1.29 is 18.0 Å². The molecule has 0 aromatic carbocycles. The lowest BCUT2D eigenvalue weighted by molar-refractivity contribution is -0.416. The van der Waals surface area contributed by atoms with Crippen molar-refractivity contribution in [1.82, 2.24) is 5.06 Å². The number of piperidine rings is 1. The van der Waals surface area contributed by atoms with E-state index in [1.165, 1.54) is 0 Å². The molecular weight excluding hydrogens is 195 g/mol. The van der Waals surface area contributed by atoms with Crippen molar-refractivity contribution >= 4 is 12.4 Å². The van der Waals surface area contributed by atoms with Crippen molar-refractivity contribution in [2.45, 2.75) is 25.6 Å². The second-order valence-corrected chi connectivity index (χ2v) is 2.53. The van der Waals surface area contributed by atoms with E-state index < -0.39 is 6.36 Å². The van der Waals surface area contributed by atoms with Crippen LogP contribution in [0.3, 0.4) is 0 Å². The van der Waals surface area contributed by atoms with E-state index in [4.69, 9.17) is 0 Å². The zero-order valence-corrected chi connectivity index (χ0v) is 7.25. The third-order valence-electron chi connectivity index (χ3n) is 1.55. The summed E-state index contributed by atoms with van der Waals surface area (Å²) in [6.07, 6.45) is -1.94. The Balaban J connectivity index is 0.00000121. The van der Waals surface area contributed by atoms with Gasteiger partial charge in [0.05, 0.1) is 0 Å². The number of halogens is 4. The Bertz CT molecular complexity index is 124. The van der Waals surface area contributed by atoms with Crippen molar-refractivity contribution in [1.29, 1.82) is 0 Å². The summed E-state index contributed by atoms with van der Waals surface area (Å²) < 4.78 is 34.7. The standard InChI is InChI=1S/C6H10F3NO.ClH/c7-6(8,9)11-10-4-2-1-3-5-10;/h1-5H2;1H. The van der Waals surface area contributed by atoms with Crippen LogP contribution in [0.2, 0.25) is 0 Å². The van der Waals surface area contributed by atoms with Gasteiger partial charge in [0.25, 0.3) is 0 Å². The molecule has 1 aliphatic heterocycles. The molecule has 12 heavy (non-hydrogen) atoms. The topological polar surface area (TPSA) is 12.5 Å². The van der Waals surface area contributed by atoms with Crippen molar-refractivity contribution in [3.8, 4) is 0 Å². The van der Waals surface area contributed by atoms with Gasteiger partial charge in [0.1, 0.15) is 0 Å². The third kappa shape index (κ3) is 4.79. The lowest BCUT2D eigenvalue weighted by atomic mass is 10.2. The molecule has 0 bridgehead atoms. The maximum atomic E-state index is 11.6. The molecule has 0 atom stereocenters. The zero-order chi connectivity index (χ0) is 8.32. The minimum absolute atomic E-state index is 0. The van der Waals surface area contributed by atoms with Crippen LogP contribution in [-0.2, 0) is 4.84 Å². The number of nitrogens with zero attached hydrogens (tertiary/aromatic N) is 1. The van der Waals surface area contributed by atoms with Crippen LogP contribution in [-0.4, -0.2) is 24.5 Å². The average Bonchev–Trinajstić information content (AvgIpc) is 1.85. The predicted octanol–water partition coefficient (Wildman–Crippen LogP) is 2.35. The average molecular weight is 206 g/mol. The van der Waals surface area contributed by atoms with Gasteiger partial charge in [-0.1, -0.05) is 6.42 Å². The molecule has 0 N–H and O–H groups in total. The third-order valence-corrected chi connectivity index (χ3v) is 1.55. The van der Waals surface area contributed by atoms with Gasteiger partial charge in [-0.05, 0) is 12.8 Å². The van der Waals surface area contributed by atoms with E-state index in [1.807, 2.05) is 0 Å². The molecule has 0 saturated carbocycles. The number of rotatable bonds is 1. The normalized spacial score (nSPS) is 20.2. The lowest BCUT2D eigenvalue weighted by Gasteiger charge is -2.25. The van der Waals surface area contributed by atoms with Crippen molar-refractivity contribution in [3.63, 3.8) is 0 Å². The molecule has 0 aromatic rings. The van der Waals surface area contributed by atoms with Gasteiger partial charge in [0.2, 0.25) is 0 Å². The summed E-state index contributed by atoms with van der Waals surface area (Å²) in [6.45, 7) is 0.777. The fourth-order valence-electron chi connectivity index (χ4n) is 1.10. The molecule has 0 spiro atoms. The number of alkyl halides is 3. The summed E-state index contributed by atoms with van der Waals surface area (Å²) >= 11 is 0. The zero-order valence-electron chi connectivity index (χ0n) is 6.43. The Morgan fingerprint density at radius 3 is 1.92 bits per heavy atom. The summed E-state index contributed by atoms with van der Waals surface area (Å²) in [7, 11) is 0. The largest absolute Gasteiger partial charge is 0.539 e. The summed E-state index contributed by atoms with van der Waals surface area (Å²) in [6, 6.07) is 0. The summed E-state index contributed by atoms with van der Waals surface area (Å²) in [4.78, 5) is 3.71. The fourth-order valence-corrected chi connectivity index (χ4v) is 1.10. The second kappa shape index (κ2) is 4.89. The molecular formula is C6H11ClF3NO. The minimum Gasteiger partial charge on any atom is -0.200 e. The molecule has 0 unspecified atom stereocenters. The smallest absolute Gasteiger partial charge is 0.200 e. The van der Waals surface area contributed by atoms with Gasteiger partial charge in [-0.3, -0.25) is 0 Å². The van der Waals surface area contributed by atoms with E-state index in [2.05, 4.69) is 4.84 Å². The highest BCUT2D eigenvalue weighted by molar-refractivity contribution is 5.85. The lowest BCUT2D eigenvalue weighted by Crippen LogP contribution is -2.35. The Hall–Kier alpha value is -0.0000000000000000416. The van der Waals surface area contributed by atoms with E-state index in [1.54, 1.807) is 0 Å². The van der Waals surface area contributed by atoms with Crippen LogP contribution in [0.5, 0.6) is 0 Å². The van der Waals surface area contributed by atoms with Crippen molar-refractivity contribution in [2.24, 2.45) is 0 Å². The first kappa shape index (κ1) is 12.0. The highest BCUT2D eigenvalue weighted by atomic mass is 35.5. The molecule has 0 aliphatic carbocycles. The van der Waals surface area contributed by atoms with Crippen LogP contribution in [0.1, 0.15) is 19.3 Å². The number of hydroxylamine groups is 2. The summed E-state index contributed by atoms with van der Waals surface area (Å²) in [5.74, 6) is 0. The molecule has 0 radical (unpaired) electrons. The minimum atomic E-state index is -4.52. The first-order valence-corrected chi connectivity index (χ1v) is 3.59. The van der Waals surface area contributed by atoms with E-state index in [9.17, 15) is 13.2 Å². The highest BCUT2D eigenvalue weighted by Gasteiger charge is 2.33. The monoisotopic (exact) mass is 205 g/mol. The second-order valence-electron chi connectivity index (χ2n) is 2.53. The fraction of sp³-hybridized carbons (Fsp3) is 1.00. The molecule has 74 valence electrons. The SMILES string of the molecule is Cl.FC(F)(F)ON1CCCCC1. The maximum absolute atomic E-state index is 11.6. The molecule has 1 aliphatic rings. The highest BCUT2D eigenvalue weighted by Crippen LogP contribution is 2.20. The van der Waals surface area contributed by atoms with Gasteiger partial charge in [0.15, 0.2) is 0 Å². The summed E-state index contributed by atoms with van der Waals surface area (Å²) in [5, 5.41) is 0.976. The van der Waals surface area contributed by atoms with Crippen LogP contribution < -0.4 is 0 Å². The van der Waals surface area contributed by atoms with Crippen LogP contribution in [0, 0.1) is 0 Å². The molecule has 1 fully saturated rings. The van der Waals surface area contributed by atoms with Gasteiger partial charge >= 0.3 is 6.36 Å². The van der Waals surface area contributed by atoms with Gasteiger partial charge in [0, 0.05) is 13.1 Å². The molecule has 6 heteroatoms. The van der Waals surface area contributed by atoms with E-state index in [-0.39, 0.29) is 12.4 Å². The van der Waals surface area contributed by atoms with Crippen LogP contribution >= 0.6 is 12.4 Å². The molecule has 0 aromatic heterocycles. The first-order valence-electron chi connectivity index (χ1n) is 3.59. The Labute approximate surface area is 75.0 Å². The van der Waals surface area contributed by atoms with Gasteiger partial charge in [-0.25, -0.2) is 4.84 Å². The Morgan fingerprint density at radius 2 is 1.50 bits per heavy atom. The van der Waals surface area contributed by atoms with Crippen LogP contribution in [0.15, 0.2) is 0 Å². The van der Waals surface area contributed by atoms with Crippen LogP contribution in [0.4, 0.5) is 13.2 Å². The molecule has 1 heterocycles.